The number of hydrogen-bond donors (Lipinski definition) is 1. The summed E-state index contributed by atoms with van der Waals surface area (Å²) in [5, 5.41) is 3.07. The highest BCUT2D eigenvalue weighted by Gasteiger charge is 2.27. The van der Waals surface area contributed by atoms with E-state index in [2.05, 4.69) is 12.2 Å². The third kappa shape index (κ3) is 3.32. The zero-order valence-corrected chi connectivity index (χ0v) is 10.5. The van der Waals surface area contributed by atoms with E-state index < -0.39 is 0 Å². The summed E-state index contributed by atoms with van der Waals surface area (Å²) in [6, 6.07) is 9.45. The average molecular weight is 231 g/mol. The van der Waals surface area contributed by atoms with Gasteiger partial charge in [-0.15, -0.1) is 0 Å². The molecule has 1 aromatic rings. The van der Waals surface area contributed by atoms with Gasteiger partial charge in [0.25, 0.3) is 5.91 Å². The van der Waals surface area contributed by atoms with E-state index in [0.717, 1.165) is 12.1 Å². The van der Waals surface area contributed by atoms with Gasteiger partial charge in [-0.2, -0.15) is 0 Å². The zero-order valence-electron chi connectivity index (χ0n) is 10.5. The van der Waals surface area contributed by atoms with Crippen molar-refractivity contribution in [2.75, 3.05) is 6.54 Å². The van der Waals surface area contributed by atoms with Crippen molar-refractivity contribution >= 4 is 5.91 Å². The largest absolute Gasteiger partial charge is 0.351 e. The van der Waals surface area contributed by atoms with E-state index in [0.29, 0.717) is 5.41 Å². The van der Waals surface area contributed by atoms with Crippen LogP contribution in [0.3, 0.4) is 0 Å². The lowest BCUT2D eigenvalue weighted by molar-refractivity contribution is 0.0919. The minimum atomic E-state index is 0.0531. The second kappa shape index (κ2) is 5.35. The van der Waals surface area contributed by atoms with Crippen molar-refractivity contribution in [1.82, 2.24) is 5.32 Å². The molecule has 1 aromatic carbocycles. The highest BCUT2D eigenvalue weighted by atomic mass is 16.1. The minimum Gasteiger partial charge on any atom is -0.351 e. The summed E-state index contributed by atoms with van der Waals surface area (Å²) in [4.78, 5) is 11.9. The number of hydrogen-bond acceptors (Lipinski definition) is 1. The maximum Gasteiger partial charge on any atom is 0.251 e. The van der Waals surface area contributed by atoms with Crippen molar-refractivity contribution in [2.45, 2.75) is 39.0 Å². The maximum atomic E-state index is 11.9. The molecule has 1 N–H and O–H groups in total. The first-order valence-electron chi connectivity index (χ1n) is 6.53. The predicted molar refractivity (Wildman–Crippen MR) is 70.0 cm³/mol. The standard InChI is InChI=1S/C15H21NO/c1-15(10-6-3-7-11-15)12-16-14(17)13-8-4-2-5-9-13/h2,4-5,8-9H,3,6-7,10-12H2,1H3,(H,16,17). The molecule has 0 bridgehead atoms. The molecule has 1 aliphatic carbocycles. The van der Waals surface area contributed by atoms with Gasteiger partial charge in [-0.05, 0) is 30.4 Å². The molecule has 2 heteroatoms. The van der Waals surface area contributed by atoms with Crippen molar-refractivity contribution < 1.29 is 4.79 Å². The number of benzene rings is 1. The van der Waals surface area contributed by atoms with Crippen molar-refractivity contribution in [3.8, 4) is 0 Å². The van der Waals surface area contributed by atoms with E-state index in [4.69, 9.17) is 0 Å². The Labute approximate surface area is 103 Å². The van der Waals surface area contributed by atoms with E-state index in [1.807, 2.05) is 30.3 Å². The molecular formula is C15H21NO. The third-order valence-electron chi connectivity index (χ3n) is 3.77. The van der Waals surface area contributed by atoms with Gasteiger partial charge in [0.15, 0.2) is 0 Å². The third-order valence-corrected chi connectivity index (χ3v) is 3.77. The zero-order chi connectivity index (χ0) is 12.1. The molecular weight excluding hydrogens is 210 g/mol. The van der Waals surface area contributed by atoms with Gasteiger partial charge in [0.05, 0.1) is 0 Å². The summed E-state index contributed by atoms with van der Waals surface area (Å²) < 4.78 is 0. The van der Waals surface area contributed by atoms with Crippen LogP contribution in [0.15, 0.2) is 30.3 Å². The van der Waals surface area contributed by atoms with Crippen LogP contribution >= 0.6 is 0 Å². The van der Waals surface area contributed by atoms with Crippen LogP contribution in [0.5, 0.6) is 0 Å². The molecule has 17 heavy (non-hydrogen) atoms. The van der Waals surface area contributed by atoms with Gasteiger partial charge < -0.3 is 5.32 Å². The molecule has 1 amide bonds. The summed E-state index contributed by atoms with van der Waals surface area (Å²) in [7, 11) is 0. The van der Waals surface area contributed by atoms with Crippen LogP contribution in [0.2, 0.25) is 0 Å². The lowest BCUT2D eigenvalue weighted by atomic mass is 9.76. The van der Waals surface area contributed by atoms with Crippen LogP contribution in [0.25, 0.3) is 0 Å². The van der Waals surface area contributed by atoms with Crippen LogP contribution in [0, 0.1) is 5.41 Å². The Kier molecular flexibility index (Phi) is 3.82. The van der Waals surface area contributed by atoms with Gasteiger partial charge in [-0.3, -0.25) is 4.79 Å². The Morgan fingerprint density at radius 2 is 1.82 bits per heavy atom. The summed E-state index contributed by atoms with van der Waals surface area (Å²) >= 11 is 0. The predicted octanol–water partition coefficient (Wildman–Crippen LogP) is 3.39. The highest BCUT2D eigenvalue weighted by molar-refractivity contribution is 5.94. The Balaban J connectivity index is 1.87. The molecule has 0 heterocycles. The monoisotopic (exact) mass is 231 g/mol. The van der Waals surface area contributed by atoms with Crippen LogP contribution in [-0.4, -0.2) is 12.5 Å². The molecule has 0 saturated heterocycles. The highest BCUT2D eigenvalue weighted by Crippen LogP contribution is 2.34. The number of nitrogens with one attached hydrogen (secondary N) is 1. The number of amides is 1. The molecule has 2 nitrogen and oxygen atoms in total. The van der Waals surface area contributed by atoms with Crippen LogP contribution in [0.4, 0.5) is 0 Å². The van der Waals surface area contributed by atoms with E-state index in [-0.39, 0.29) is 5.91 Å². The van der Waals surface area contributed by atoms with Gasteiger partial charge in [-0.1, -0.05) is 44.4 Å². The second-order valence-electron chi connectivity index (χ2n) is 5.42. The molecule has 0 spiro atoms. The summed E-state index contributed by atoms with van der Waals surface area (Å²) in [5.41, 5.74) is 1.06. The molecule has 1 saturated carbocycles. The second-order valence-corrected chi connectivity index (χ2v) is 5.42. The van der Waals surface area contributed by atoms with Gasteiger partial charge in [0, 0.05) is 12.1 Å². The van der Waals surface area contributed by atoms with Crippen molar-refractivity contribution in [2.24, 2.45) is 5.41 Å². The fraction of sp³-hybridized carbons (Fsp3) is 0.533. The first-order chi connectivity index (χ1) is 8.20. The molecule has 0 aromatic heterocycles. The molecule has 2 rings (SSSR count). The topological polar surface area (TPSA) is 29.1 Å². The molecule has 1 aliphatic rings. The fourth-order valence-corrected chi connectivity index (χ4v) is 2.57. The summed E-state index contributed by atoms with van der Waals surface area (Å²) in [6.07, 6.45) is 6.43. The van der Waals surface area contributed by atoms with Crippen LogP contribution in [-0.2, 0) is 0 Å². The lowest BCUT2D eigenvalue weighted by Crippen LogP contribution is -2.36. The van der Waals surface area contributed by atoms with Crippen LogP contribution < -0.4 is 5.32 Å². The van der Waals surface area contributed by atoms with Crippen molar-refractivity contribution in [1.29, 1.82) is 0 Å². The smallest absolute Gasteiger partial charge is 0.251 e. The SMILES string of the molecule is CC1(CNC(=O)c2ccccc2)CCCCC1. The van der Waals surface area contributed by atoms with Gasteiger partial charge in [-0.25, -0.2) is 0 Å². The summed E-state index contributed by atoms with van der Waals surface area (Å²) in [5.74, 6) is 0.0531. The number of carbonyl (C=O) groups excluding carboxylic acids is 1. The average Bonchev–Trinajstić information content (AvgIpc) is 2.38. The molecule has 0 aliphatic heterocycles. The lowest BCUT2D eigenvalue weighted by Gasteiger charge is -2.33. The molecule has 0 radical (unpaired) electrons. The first-order valence-corrected chi connectivity index (χ1v) is 6.53. The molecule has 0 unspecified atom stereocenters. The molecule has 0 atom stereocenters. The molecule has 1 fully saturated rings. The molecule has 92 valence electrons. The Hall–Kier alpha value is -1.31. The Morgan fingerprint density at radius 3 is 2.47 bits per heavy atom. The minimum absolute atomic E-state index is 0.0531. The number of carbonyl (C=O) groups is 1. The van der Waals surface area contributed by atoms with E-state index in [9.17, 15) is 4.79 Å². The quantitative estimate of drug-likeness (QED) is 0.849. The van der Waals surface area contributed by atoms with Gasteiger partial charge >= 0.3 is 0 Å². The Morgan fingerprint density at radius 1 is 1.18 bits per heavy atom. The van der Waals surface area contributed by atoms with Crippen LogP contribution in [0.1, 0.15) is 49.4 Å². The normalized spacial score (nSPS) is 18.6. The fourth-order valence-electron chi connectivity index (χ4n) is 2.57. The van der Waals surface area contributed by atoms with Gasteiger partial charge in [0.1, 0.15) is 0 Å². The summed E-state index contributed by atoms with van der Waals surface area (Å²) in [6.45, 7) is 3.10. The van der Waals surface area contributed by atoms with Crippen molar-refractivity contribution in [3.05, 3.63) is 35.9 Å². The van der Waals surface area contributed by atoms with Crippen molar-refractivity contribution in [3.63, 3.8) is 0 Å². The van der Waals surface area contributed by atoms with E-state index in [1.165, 1.54) is 32.1 Å². The van der Waals surface area contributed by atoms with E-state index >= 15 is 0 Å². The van der Waals surface area contributed by atoms with Gasteiger partial charge in [0.2, 0.25) is 0 Å². The number of rotatable bonds is 3. The Bertz CT molecular complexity index is 366. The first kappa shape index (κ1) is 12.2. The maximum absolute atomic E-state index is 11.9. The van der Waals surface area contributed by atoms with E-state index in [1.54, 1.807) is 0 Å².